The molecule has 21 heavy (non-hydrogen) atoms. The second-order valence-electron chi connectivity index (χ2n) is 4.54. The fraction of sp³-hybridized carbons (Fsp3) is 0.200. The molecule has 1 atom stereocenters. The lowest BCUT2D eigenvalue weighted by Crippen LogP contribution is -2.26. The minimum absolute atomic E-state index is 0.289. The van der Waals surface area contributed by atoms with Gasteiger partial charge in [-0.05, 0) is 30.7 Å². The molecule has 3 nitrogen and oxygen atoms in total. The van der Waals surface area contributed by atoms with Crippen LogP contribution in [-0.4, -0.2) is 10.9 Å². The number of carbonyl (C=O) groups excluding carboxylic acids is 1. The molecule has 1 aromatic heterocycles. The molecule has 1 heterocycles. The first-order valence-electron chi connectivity index (χ1n) is 6.27. The number of rotatable bonds is 3. The highest BCUT2D eigenvalue weighted by Gasteiger charge is 2.32. The Balaban J connectivity index is 2.07. The minimum atomic E-state index is -4.46. The monoisotopic (exact) mass is 294 g/mol. The summed E-state index contributed by atoms with van der Waals surface area (Å²) in [5.41, 5.74) is 0.0457. The second kappa shape index (κ2) is 5.95. The third kappa shape index (κ3) is 3.81. The Kier molecular flexibility index (Phi) is 4.26. The summed E-state index contributed by atoms with van der Waals surface area (Å²) in [6, 6.07) is 10.4. The molecule has 0 spiro atoms. The van der Waals surface area contributed by atoms with Crippen molar-refractivity contribution in [2.24, 2.45) is 0 Å². The van der Waals surface area contributed by atoms with Crippen molar-refractivity contribution in [3.63, 3.8) is 0 Å². The van der Waals surface area contributed by atoms with Gasteiger partial charge >= 0.3 is 6.18 Å². The minimum Gasteiger partial charge on any atom is -0.345 e. The van der Waals surface area contributed by atoms with Gasteiger partial charge < -0.3 is 5.32 Å². The molecule has 1 amide bonds. The average molecular weight is 294 g/mol. The summed E-state index contributed by atoms with van der Waals surface area (Å²) in [5, 5.41) is 2.71. The predicted octanol–water partition coefficient (Wildman–Crippen LogP) is 3.59. The second-order valence-corrected chi connectivity index (χ2v) is 4.54. The number of pyridine rings is 1. The summed E-state index contributed by atoms with van der Waals surface area (Å²) < 4.78 is 37.3. The molecule has 110 valence electrons. The number of aromatic nitrogens is 1. The van der Waals surface area contributed by atoms with Crippen LogP contribution in [0.25, 0.3) is 0 Å². The molecule has 2 rings (SSSR count). The molecule has 0 saturated carbocycles. The lowest BCUT2D eigenvalue weighted by atomic mass is 10.1. The van der Waals surface area contributed by atoms with E-state index in [0.29, 0.717) is 11.1 Å². The van der Waals surface area contributed by atoms with E-state index in [9.17, 15) is 18.0 Å². The summed E-state index contributed by atoms with van der Waals surface area (Å²) in [6.45, 7) is 1.69. The number of nitrogens with one attached hydrogen (secondary N) is 1. The van der Waals surface area contributed by atoms with Crippen LogP contribution in [0.3, 0.4) is 0 Å². The third-order valence-electron chi connectivity index (χ3n) is 2.96. The zero-order valence-electron chi connectivity index (χ0n) is 11.2. The summed E-state index contributed by atoms with van der Waals surface area (Å²) >= 11 is 0. The van der Waals surface area contributed by atoms with Crippen molar-refractivity contribution in [3.05, 3.63) is 65.5 Å². The number of nitrogens with zero attached hydrogens (tertiary/aromatic N) is 1. The first-order valence-corrected chi connectivity index (χ1v) is 6.27. The summed E-state index contributed by atoms with van der Waals surface area (Å²) in [5.74, 6) is -0.289. The van der Waals surface area contributed by atoms with E-state index in [2.05, 4.69) is 10.3 Å². The van der Waals surface area contributed by atoms with Crippen LogP contribution in [0.4, 0.5) is 13.2 Å². The third-order valence-corrected chi connectivity index (χ3v) is 2.96. The molecule has 1 N–H and O–H groups in total. The molecule has 0 radical (unpaired) electrons. The van der Waals surface area contributed by atoms with Gasteiger partial charge in [0.05, 0.1) is 6.04 Å². The molecule has 0 aliphatic rings. The van der Waals surface area contributed by atoms with Crippen molar-refractivity contribution >= 4 is 5.91 Å². The van der Waals surface area contributed by atoms with E-state index in [1.807, 2.05) is 0 Å². The summed E-state index contributed by atoms with van der Waals surface area (Å²) in [7, 11) is 0. The molecule has 0 aliphatic carbocycles. The van der Waals surface area contributed by atoms with Crippen molar-refractivity contribution in [2.45, 2.75) is 19.1 Å². The topological polar surface area (TPSA) is 42.0 Å². The Bertz CT molecular complexity index is 609. The average Bonchev–Trinajstić information content (AvgIpc) is 2.47. The fourth-order valence-corrected chi connectivity index (χ4v) is 1.78. The van der Waals surface area contributed by atoms with Crippen LogP contribution in [0.15, 0.2) is 48.7 Å². The van der Waals surface area contributed by atoms with Crippen molar-refractivity contribution < 1.29 is 18.0 Å². The first kappa shape index (κ1) is 15.0. The van der Waals surface area contributed by atoms with Gasteiger partial charge in [-0.15, -0.1) is 0 Å². The van der Waals surface area contributed by atoms with E-state index in [1.165, 1.54) is 6.07 Å². The van der Waals surface area contributed by atoms with Gasteiger partial charge in [0.2, 0.25) is 0 Å². The number of carbonyl (C=O) groups is 1. The van der Waals surface area contributed by atoms with Crippen molar-refractivity contribution in [2.75, 3.05) is 0 Å². The van der Waals surface area contributed by atoms with E-state index in [-0.39, 0.29) is 5.91 Å². The maximum absolute atomic E-state index is 12.4. The van der Waals surface area contributed by atoms with Crippen molar-refractivity contribution in [1.29, 1.82) is 0 Å². The zero-order valence-corrected chi connectivity index (χ0v) is 11.2. The van der Waals surface area contributed by atoms with Crippen LogP contribution in [0.2, 0.25) is 0 Å². The lowest BCUT2D eigenvalue weighted by Gasteiger charge is -2.15. The number of benzene rings is 1. The predicted molar refractivity (Wildman–Crippen MR) is 71.6 cm³/mol. The van der Waals surface area contributed by atoms with Gasteiger partial charge in [-0.25, -0.2) is 0 Å². The van der Waals surface area contributed by atoms with Crippen LogP contribution in [0.5, 0.6) is 0 Å². The molecule has 0 fully saturated rings. The highest BCUT2D eigenvalue weighted by molar-refractivity contribution is 5.94. The Morgan fingerprint density at radius 1 is 1.14 bits per heavy atom. The molecule has 2 aromatic rings. The quantitative estimate of drug-likeness (QED) is 0.940. The van der Waals surface area contributed by atoms with Crippen molar-refractivity contribution in [3.8, 4) is 0 Å². The standard InChI is InChI=1S/C15H13F3N2O/c1-10(20-14(21)11-5-3-2-4-6-11)12-7-8-13(19-9-12)15(16,17)18/h2-10H,1H3,(H,20,21)/t10-/m1/s1. The molecule has 0 aliphatic heterocycles. The smallest absolute Gasteiger partial charge is 0.345 e. The van der Waals surface area contributed by atoms with E-state index < -0.39 is 17.9 Å². The van der Waals surface area contributed by atoms with Gasteiger partial charge in [0, 0.05) is 11.8 Å². The Labute approximate surface area is 119 Å². The molecule has 0 bridgehead atoms. The molecule has 6 heteroatoms. The van der Waals surface area contributed by atoms with Gasteiger partial charge in [-0.3, -0.25) is 9.78 Å². The van der Waals surface area contributed by atoms with Crippen LogP contribution in [0, 0.1) is 0 Å². The fourth-order valence-electron chi connectivity index (χ4n) is 1.78. The first-order chi connectivity index (χ1) is 9.88. The Morgan fingerprint density at radius 2 is 1.81 bits per heavy atom. The molecular formula is C15H13F3N2O. The summed E-state index contributed by atoms with van der Waals surface area (Å²) in [6.07, 6.45) is -3.34. The zero-order chi connectivity index (χ0) is 15.5. The molecule has 0 saturated heterocycles. The molecule has 0 unspecified atom stereocenters. The van der Waals surface area contributed by atoms with Crippen molar-refractivity contribution in [1.82, 2.24) is 10.3 Å². The summed E-state index contributed by atoms with van der Waals surface area (Å²) in [4.78, 5) is 15.3. The van der Waals surface area contributed by atoms with Gasteiger partial charge in [-0.1, -0.05) is 24.3 Å². The number of hydrogen-bond donors (Lipinski definition) is 1. The van der Waals surface area contributed by atoms with Crippen LogP contribution in [-0.2, 0) is 6.18 Å². The number of alkyl halides is 3. The molecule has 1 aromatic carbocycles. The van der Waals surface area contributed by atoms with Gasteiger partial charge in [0.1, 0.15) is 5.69 Å². The van der Waals surface area contributed by atoms with Crippen LogP contribution in [0.1, 0.15) is 34.6 Å². The number of hydrogen-bond acceptors (Lipinski definition) is 2. The van der Waals surface area contributed by atoms with E-state index in [1.54, 1.807) is 37.3 Å². The van der Waals surface area contributed by atoms with Gasteiger partial charge in [-0.2, -0.15) is 13.2 Å². The normalized spacial score (nSPS) is 12.8. The Hall–Kier alpha value is -2.37. The van der Waals surface area contributed by atoms with E-state index in [4.69, 9.17) is 0 Å². The highest BCUT2D eigenvalue weighted by Crippen LogP contribution is 2.27. The van der Waals surface area contributed by atoms with Gasteiger partial charge in [0.15, 0.2) is 0 Å². The maximum Gasteiger partial charge on any atom is 0.433 e. The largest absolute Gasteiger partial charge is 0.433 e. The van der Waals surface area contributed by atoms with Crippen LogP contribution >= 0.6 is 0 Å². The van der Waals surface area contributed by atoms with Gasteiger partial charge in [0.25, 0.3) is 5.91 Å². The van der Waals surface area contributed by atoms with E-state index >= 15 is 0 Å². The molecular weight excluding hydrogens is 281 g/mol. The van der Waals surface area contributed by atoms with E-state index in [0.717, 1.165) is 12.3 Å². The number of amides is 1. The van der Waals surface area contributed by atoms with Crippen LogP contribution < -0.4 is 5.32 Å². The highest BCUT2D eigenvalue weighted by atomic mass is 19.4. The maximum atomic E-state index is 12.4. The number of halogens is 3. The SMILES string of the molecule is C[C@@H](NC(=O)c1ccccc1)c1ccc(C(F)(F)F)nc1. The Morgan fingerprint density at radius 3 is 2.33 bits per heavy atom. The lowest BCUT2D eigenvalue weighted by molar-refractivity contribution is -0.141.